The highest BCUT2D eigenvalue weighted by molar-refractivity contribution is 6.20. The van der Waals surface area contributed by atoms with Gasteiger partial charge >= 0.3 is 0 Å². The maximum atomic E-state index is 5.98. The van der Waals surface area contributed by atoms with Crippen molar-refractivity contribution in [3.05, 3.63) is 12.7 Å². The highest BCUT2D eigenvalue weighted by atomic mass is 35.5. The lowest BCUT2D eigenvalue weighted by Crippen LogP contribution is -1.96. The van der Waals surface area contributed by atoms with Crippen molar-refractivity contribution in [2.75, 3.05) is 0 Å². The van der Waals surface area contributed by atoms with Crippen LogP contribution in [0.1, 0.15) is 39.0 Å². The second kappa shape index (κ2) is 7.14. The quantitative estimate of drug-likeness (QED) is 0.316. The molecule has 0 N–H and O–H groups in total. The summed E-state index contributed by atoms with van der Waals surface area (Å²) >= 11 is 5.98. The Kier molecular flexibility index (Phi) is 7.16. The van der Waals surface area contributed by atoms with E-state index >= 15 is 0 Å². The van der Waals surface area contributed by atoms with Crippen LogP contribution in [-0.4, -0.2) is 5.38 Å². The van der Waals surface area contributed by atoms with Crippen molar-refractivity contribution in [2.45, 2.75) is 44.4 Å². The summed E-state index contributed by atoms with van der Waals surface area (Å²) in [5.74, 6) is 0. The minimum atomic E-state index is 0.393. The Morgan fingerprint density at radius 1 is 1.50 bits per heavy atom. The lowest BCUT2D eigenvalue weighted by Gasteiger charge is -2.04. The van der Waals surface area contributed by atoms with Gasteiger partial charge in [-0.3, -0.25) is 0 Å². The van der Waals surface area contributed by atoms with E-state index in [0.29, 0.717) is 5.38 Å². The molecule has 1 atom stereocenters. The molecule has 0 aromatic rings. The van der Waals surface area contributed by atoms with Crippen LogP contribution in [0.3, 0.4) is 0 Å². The fourth-order valence-electron chi connectivity index (χ4n) is 0.941. The van der Waals surface area contributed by atoms with E-state index in [1.54, 1.807) is 0 Å². The minimum Gasteiger partial charge on any atom is -0.123 e. The number of hydrogen-bond donors (Lipinski definition) is 0. The molecule has 0 radical (unpaired) electrons. The predicted molar refractivity (Wildman–Crippen MR) is 48.6 cm³/mol. The van der Waals surface area contributed by atoms with Gasteiger partial charge in [0.15, 0.2) is 0 Å². The normalized spacial score (nSPS) is 13.0. The first kappa shape index (κ1) is 10.0. The molecule has 10 heavy (non-hydrogen) atoms. The molecule has 0 amide bonds. The summed E-state index contributed by atoms with van der Waals surface area (Å²) in [7, 11) is 0. The van der Waals surface area contributed by atoms with Crippen LogP contribution >= 0.6 is 11.6 Å². The van der Waals surface area contributed by atoms with Gasteiger partial charge in [-0.05, 0) is 25.7 Å². The molecule has 0 nitrogen and oxygen atoms in total. The Bertz CT molecular complexity index is 78.8. The van der Waals surface area contributed by atoms with Crippen LogP contribution in [0.5, 0.6) is 0 Å². The van der Waals surface area contributed by atoms with Gasteiger partial charge in [-0.1, -0.05) is 19.4 Å². The Labute approximate surface area is 69.3 Å². The fraction of sp³-hybridized carbons (Fsp3) is 0.778. The van der Waals surface area contributed by atoms with Crippen molar-refractivity contribution in [1.82, 2.24) is 0 Å². The zero-order chi connectivity index (χ0) is 7.82. The van der Waals surface area contributed by atoms with Crippen LogP contribution < -0.4 is 0 Å². The van der Waals surface area contributed by atoms with Crippen molar-refractivity contribution in [1.29, 1.82) is 0 Å². The lowest BCUT2D eigenvalue weighted by atomic mass is 10.1. The summed E-state index contributed by atoms with van der Waals surface area (Å²) in [4.78, 5) is 0. The number of rotatable bonds is 6. The van der Waals surface area contributed by atoms with Gasteiger partial charge in [0.1, 0.15) is 0 Å². The summed E-state index contributed by atoms with van der Waals surface area (Å²) < 4.78 is 0. The topological polar surface area (TPSA) is 0 Å². The van der Waals surface area contributed by atoms with Crippen molar-refractivity contribution in [3.8, 4) is 0 Å². The van der Waals surface area contributed by atoms with E-state index in [1.165, 1.54) is 12.8 Å². The minimum absolute atomic E-state index is 0.393. The van der Waals surface area contributed by atoms with Crippen LogP contribution in [-0.2, 0) is 0 Å². The fourth-order valence-corrected chi connectivity index (χ4v) is 1.31. The molecule has 0 heterocycles. The standard InChI is InChI=1S/C9H17Cl/c1-3-5-6-8-9(10)7-4-2/h3,9H,1,4-8H2,2H3. The SMILES string of the molecule is C=CCCCC(Cl)CCC. The summed E-state index contributed by atoms with van der Waals surface area (Å²) in [6, 6.07) is 0. The summed E-state index contributed by atoms with van der Waals surface area (Å²) in [6.07, 6.45) is 7.74. The van der Waals surface area contributed by atoms with Crippen molar-refractivity contribution >= 4 is 11.6 Å². The van der Waals surface area contributed by atoms with E-state index in [1.807, 2.05) is 6.08 Å². The molecule has 0 aliphatic carbocycles. The van der Waals surface area contributed by atoms with Crippen LogP contribution in [0, 0.1) is 0 Å². The number of unbranched alkanes of at least 4 members (excludes halogenated alkanes) is 1. The largest absolute Gasteiger partial charge is 0.123 e. The average molecular weight is 161 g/mol. The molecule has 0 saturated heterocycles. The molecule has 0 aliphatic rings. The zero-order valence-electron chi connectivity index (χ0n) is 6.78. The van der Waals surface area contributed by atoms with E-state index in [9.17, 15) is 0 Å². The Morgan fingerprint density at radius 2 is 2.20 bits per heavy atom. The van der Waals surface area contributed by atoms with E-state index in [0.717, 1.165) is 19.3 Å². The van der Waals surface area contributed by atoms with E-state index < -0.39 is 0 Å². The third-order valence-electron chi connectivity index (χ3n) is 1.53. The van der Waals surface area contributed by atoms with Crippen molar-refractivity contribution < 1.29 is 0 Å². The molecule has 0 saturated carbocycles. The molecular formula is C9H17Cl. The first-order chi connectivity index (χ1) is 4.81. The number of allylic oxidation sites excluding steroid dienone is 1. The van der Waals surface area contributed by atoms with E-state index in [-0.39, 0.29) is 0 Å². The van der Waals surface area contributed by atoms with Crippen LogP contribution in [0.4, 0.5) is 0 Å². The maximum absolute atomic E-state index is 5.98. The number of halogens is 1. The third-order valence-corrected chi connectivity index (χ3v) is 1.96. The smallest absolute Gasteiger partial charge is 0.0336 e. The molecule has 60 valence electrons. The molecule has 0 rings (SSSR count). The van der Waals surface area contributed by atoms with Gasteiger partial charge in [-0.25, -0.2) is 0 Å². The van der Waals surface area contributed by atoms with Gasteiger partial charge in [-0.2, -0.15) is 0 Å². The summed E-state index contributed by atoms with van der Waals surface area (Å²) in [5, 5.41) is 0.393. The number of hydrogen-bond acceptors (Lipinski definition) is 0. The average Bonchev–Trinajstić information content (AvgIpc) is 1.89. The van der Waals surface area contributed by atoms with Crippen molar-refractivity contribution in [2.24, 2.45) is 0 Å². The maximum Gasteiger partial charge on any atom is 0.0336 e. The monoisotopic (exact) mass is 160 g/mol. The molecule has 0 bridgehead atoms. The predicted octanol–water partition coefficient (Wildman–Crippen LogP) is 3.75. The van der Waals surface area contributed by atoms with Gasteiger partial charge in [0.05, 0.1) is 0 Å². The van der Waals surface area contributed by atoms with Gasteiger partial charge in [0.25, 0.3) is 0 Å². The lowest BCUT2D eigenvalue weighted by molar-refractivity contribution is 0.646. The second-order valence-electron chi connectivity index (χ2n) is 2.61. The Hall–Kier alpha value is 0.0300. The molecule has 1 heteroatoms. The van der Waals surface area contributed by atoms with E-state index in [2.05, 4.69) is 13.5 Å². The molecule has 1 unspecified atom stereocenters. The summed E-state index contributed by atoms with van der Waals surface area (Å²) in [5.41, 5.74) is 0. The summed E-state index contributed by atoms with van der Waals surface area (Å²) in [6.45, 7) is 5.83. The highest BCUT2D eigenvalue weighted by Gasteiger charge is 2.00. The van der Waals surface area contributed by atoms with Gasteiger partial charge < -0.3 is 0 Å². The Balaban J connectivity index is 3.04. The molecular weight excluding hydrogens is 144 g/mol. The van der Waals surface area contributed by atoms with Gasteiger partial charge in [-0.15, -0.1) is 18.2 Å². The van der Waals surface area contributed by atoms with Crippen molar-refractivity contribution in [3.63, 3.8) is 0 Å². The van der Waals surface area contributed by atoms with Crippen LogP contribution in [0.25, 0.3) is 0 Å². The molecule has 0 spiro atoms. The Morgan fingerprint density at radius 3 is 2.70 bits per heavy atom. The first-order valence-electron chi connectivity index (χ1n) is 4.06. The van der Waals surface area contributed by atoms with Crippen LogP contribution in [0.15, 0.2) is 12.7 Å². The molecule has 0 aromatic heterocycles. The van der Waals surface area contributed by atoms with Gasteiger partial charge in [0, 0.05) is 5.38 Å². The molecule has 0 aliphatic heterocycles. The van der Waals surface area contributed by atoms with Crippen LogP contribution in [0.2, 0.25) is 0 Å². The molecule has 0 fully saturated rings. The third kappa shape index (κ3) is 6.15. The second-order valence-corrected chi connectivity index (χ2v) is 3.22. The number of alkyl halides is 1. The van der Waals surface area contributed by atoms with Gasteiger partial charge in [0.2, 0.25) is 0 Å². The zero-order valence-corrected chi connectivity index (χ0v) is 7.53. The first-order valence-corrected chi connectivity index (χ1v) is 4.49. The molecule has 0 aromatic carbocycles. The van der Waals surface area contributed by atoms with E-state index in [4.69, 9.17) is 11.6 Å². The highest BCUT2D eigenvalue weighted by Crippen LogP contribution is 2.12.